The molecule has 104 valence electrons. The lowest BCUT2D eigenvalue weighted by Crippen LogP contribution is -2.20. The van der Waals surface area contributed by atoms with Crippen LogP contribution in [0, 0.1) is 5.92 Å². The molecule has 4 heteroatoms. The lowest BCUT2D eigenvalue weighted by molar-refractivity contribution is 0.0696. The highest BCUT2D eigenvalue weighted by Crippen LogP contribution is 2.38. The minimum atomic E-state index is -0.854. The fraction of sp³-hybridized carbons (Fsp3) is 0.375. The SMILES string of the molecule is CC1Cc2nc3ccc(Br)cc3c(C(=O)O)c2C(C)C1. The maximum absolute atomic E-state index is 11.8. The Kier molecular flexibility index (Phi) is 3.28. The summed E-state index contributed by atoms with van der Waals surface area (Å²) in [5.74, 6) is -0.0524. The van der Waals surface area contributed by atoms with Gasteiger partial charge in [0.2, 0.25) is 0 Å². The number of aromatic carboxylic acids is 1. The van der Waals surface area contributed by atoms with Crippen molar-refractivity contribution < 1.29 is 9.90 Å². The van der Waals surface area contributed by atoms with Crippen molar-refractivity contribution in [3.63, 3.8) is 0 Å². The van der Waals surface area contributed by atoms with Crippen LogP contribution in [0.15, 0.2) is 22.7 Å². The summed E-state index contributed by atoms with van der Waals surface area (Å²) < 4.78 is 0.881. The molecule has 0 fully saturated rings. The third-order valence-electron chi connectivity index (χ3n) is 4.07. The van der Waals surface area contributed by atoms with E-state index in [1.165, 1.54) is 0 Å². The zero-order chi connectivity index (χ0) is 14.4. The molecule has 20 heavy (non-hydrogen) atoms. The van der Waals surface area contributed by atoms with Crippen molar-refractivity contribution in [1.29, 1.82) is 0 Å². The molecule has 2 unspecified atom stereocenters. The summed E-state index contributed by atoms with van der Waals surface area (Å²) in [6, 6.07) is 5.65. The molecule has 3 nitrogen and oxygen atoms in total. The Labute approximate surface area is 126 Å². The normalized spacial score (nSPS) is 21.8. The highest BCUT2D eigenvalue weighted by Gasteiger charge is 2.29. The zero-order valence-electron chi connectivity index (χ0n) is 11.5. The Bertz CT molecular complexity index is 711. The second-order valence-corrected chi connectivity index (χ2v) is 6.68. The second-order valence-electron chi connectivity index (χ2n) is 5.76. The lowest BCUT2D eigenvalue weighted by Gasteiger charge is -2.28. The maximum atomic E-state index is 11.8. The van der Waals surface area contributed by atoms with Gasteiger partial charge in [-0.1, -0.05) is 29.8 Å². The Balaban J connectivity index is 2.40. The average Bonchev–Trinajstić information content (AvgIpc) is 2.36. The summed E-state index contributed by atoms with van der Waals surface area (Å²) in [7, 11) is 0. The van der Waals surface area contributed by atoms with Gasteiger partial charge in [0.25, 0.3) is 0 Å². The molecule has 0 saturated carbocycles. The number of carboxylic acids is 1. The fourth-order valence-corrected chi connectivity index (χ4v) is 3.71. The molecular weight excluding hydrogens is 318 g/mol. The molecule has 0 amide bonds. The van der Waals surface area contributed by atoms with Crippen LogP contribution in [0.4, 0.5) is 0 Å². The number of aromatic nitrogens is 1. The number of carboxylic acid groups (broad SMARTS) is 1. The number of hydrogen-bond donors (Lipinski definition) is 1. The number of nitrogens with zero attached hydrogens (tertiary/aromatic N) is 1. The molecule has 0 aliphatic heterocycles. The van der Waals surface area contributed by atoms with E-state index in [1.54, 1.807) is 0 Å². The van der Waals surface area contributed by atoms with Gasteiger partial charge in [0.15, 0.2) is 0 Å². The zero-order valence-corrected chi connectivity index (χ0v) is 13.1. The highest BCUT2D eigenvalue weighted by atomic mass is 79.9. The molecule has 0 radical (unpaired) electrons. The third kappa shape index (κ3) is 2.12. The maximum Gasteiger partial charge on any atom is 0.336 e. The molecule has 1 aliphatic rings. The Morgan fingerprint density at radius 3 is 2.85 bits per heavy atom. The number of rotatable bonds is 1. The van der Waals surface area contributed by atoms with Gasteiger partial charge in [-0.15, -0.1) is 0 Å². The molecule has 0 spiro atoms. The van der Waals surface area contributed by atoms with Gasteiger partial charge in [-0.3, -0.25) is 4.98 Å². The largest absolute Gasteiger partial charge is 0.478 e. The van der Waals surface area contributed by atoms with Crippen LogP contribution in [0.3, 0.4) is 0 Å². The van der Waals surface area contributed by atoms with Crippen LogP contribution in [0.1, 0.15) is 47.8 Å². The van der Waals surface area contributed by atoms with Crippen molar-refractivity contribution in [2.24, 2.45) is 5.92 Å². The van der Waals surface area contributed by atoms with Gasteiger partial charge < -0.3 is 5.11 Å². The van der Waals surface area contributed by atoms with Crippen LogP contribution < -0.4 is 0 Å². The van der Waals surface area contributed by atoms with Crippen LogP contribution in [0.5, 0.6) is 0 Å². The number of halogens is 1. The van der Waals surface area contributed by atoms with Crippen LogP contribution in [-0.4, -0.2) is 16.1 Å². The van der Waals surface area contributed by atoms with E-state index in [1.807, 2.05) is 18.2 Å². The van der Waals surface area contributed by atoms with Gasteiger partial charge in [0, 0.05) is 15.6 Å². The Morgan fingerprint density at radius 2 is 2.15 bits per heavy atom. The second kappa shape index (κ2) is 4.85. The van der Waals surface area contributed by atoms with Gasteiger partial charge in [0.05, 0.1) is 11.1 Å². The first-order chi connectivity index (χ1) is 9.47. The lowest BCUT2D eigenvalue weighted by atomic mass is 9.78. The minimum Gasteiger partial charge on any atom is -0.478 e. The van der Waals surface area contributed by atoms with Crippen molar-refractivity contribution >= 4 is 32.8 Å². The molecular formula is C16H16BrNO2. The first kappa shape index (κ1) is 13.6. The van der Waals surface area contributed by atoms with Gasteiger partial charge in [-0.2, -0.15) is 0 Å². The van der Waals surface area contributed by atoms with E-state index in [0.29, 0.717) is 11.5 Å². The molecule has 1 N–H and O–H groups in total. The standard InChI is InChI=1S/C16H16BrNO2/c1-8-5-9(2)14-13(6-8)18-12-4-3-10(17)7-11(12)15(14)16(19)20/h3-4,7-9H,5-6H2,1-2H3,(H,19,20). The van der Waals surface area contributed by atoms with Gasteiger partial charge in [-0.05, 0) is 48.4 Å². The number of hydrogen-bond acceptors (Lipinski definition) is 2. The van der Waals surface area contributed by atoms with E-state index in [2.05, 4.69) is 29.8 Å². The summed E-state index contributed by atoms with van der Waals surface area (Å²) in [5.41, 5.74) is 3.10. The predicted octanol–water partition coefficient (Wildman–Crippen LogP) is 4.38. The van der Waals surface area contributed by atoms with E-state index in [0.717, 1.165) is 39.5 Å². The topological polar surface area (TPSA) is 50.2 Å². The first-order valence-corrected chi connectivity index (χ1v) is 7.62. The van der Waals surface area contributed by atoms with Gasteiger partial charge >= 0.3 is 5.97 Å². The average molecular weight is 334 g/mol. The molecule has 1 aromatic heterocycles. The summed E-state index contributed by atoms with van der Waals surface area (Å²) in [6.07, 6.45) is 1.89. The summed E-state index contributed by atoms with van der Waals surface area (Å²) in [6.45, 7) is 4.31. The van der Waals surface area contributed by atoms with E-state index in [-0.39, 0.29) is 5.92 Å². The molecule has 1 aromatic carbocycles. The van der Waals surface area contributed by atoms with Crippen molar-refractivity contribution in [3.8, 4) is 0 Å². The summed E-state index contributed by atoms with van der Waals surface area (Å²) in [4.78, 5) is 16.5. The molecule has 1 heterocycles. The molecule has 3 rings (SSSR count). The minimum absolute atomic E-state index is 0.246. The monoisotopic (exact) mass is 333 g/mol. The van der Waals surface area contributed by atoms with Crippen LogP contribution in [0.2, 0.25) is 0 Å². The van der Waals surface area contributed by atoms with E-state index >= 15 is 0 Å². The number of fused-ring (bicyclic) bond motifs is 2. The van der Waals surface area contributed by atoms with Crippen molar-refractivity contribution in [2.45, 2.75) is 32.6 Å². The molecule has 0 bridgehead atoms. The van der Waals surface area contributed by atoms with Gasteiger partial charge in [-0.25, -0.2) is 4.79 Å². The Morgan fingerprint density at radius 1 is 1.40 bits per heavy atom. The van der Waals surface area contributed by atoms with Crippen molar-refractivity contribution in [3.05, 3.63) is 39.5 Å². The fourth-order valence-electron chi connectivity index (χ4n) is 3.35. The molecule has 2 atom stereocenters. The number of benzene rings is 1. The van der Waals surface area contributed by atoms with E-state index in [4.69, 9.17) is 4.98 Å². The third-order valence-corrected chi connectivity index (χ3v) is 4.56. The first-order valence-electron chi connectivity index (χ1n) is 6.82. The van der Waals surface area contributed by atoms with Crippen molar-refractivity contribution in [2.75, 3.05) is 0 Å². The number of carbonyl (C=O) groups is 1. The summed E-state index contributed by atoms with van der Waals surface area (Å²) >= 11 is 3.42. The smallest absolute Gasteiger partial charge is 0.336 e. The van der Waals surface area contributed by atoms with Crippen LogP contribution in [-0.2, 0) is 6.42 Å². The van der Waals surface area contributed by atoms with Gasteiger partial charge in [0.1, 0.15) is 0 Å². The van der Waals surface area contributed by atoms with E-state index < -0.39 is 5.97 Å². The molecule has 0 saturated heterocycles. The predicted molar refractivity (Wildman–Crippen MR) is 82.3 cm³/mol. The van der Waals surface area contributed by atoms with E-state index in [9.17, 15) is 9.90 Å². The quantitative estimate of drug-likeness (QED) is 0.842. The van der Waals surface area contributed by atoms with Crippen LogP contribution in [0.25, 0.3) is 10.9 Å². The van der Waals surface area contributed by atoms with Crippen LogP contribution >= 0.6 is 15.9 Å². The molecule has 2 aromatic rings. The summed E-state index contributed by atoms with van der Waals surface area (Å²) in [5, 5.41) is 10.4. The Hall–Kier alpha value is -1.42. The van der Waals surface area contributed by atoms with Crippen molar-refractivity contribution in [1.82, 2.24) is 4.98 Å². The highest BCUT2D eigenvalue weighted by molar-refractivity contribution is 9.10. The number of pyridine rings is 1. The molecule has 1 aliphatic carbocycles.